The van der Waals surface area contributed by atoms with Gasteiger partial charge >= 0.3 is 0 Å². The SMILES string of the molecule is CCOc1ccccc1C1C(C#N)=C(SCC(=O)Nc2cccc(Cl)c2)NC2=C1C(=O)CCC2. The number of para-hydroxylation sites is 1. The molecular weight excluding hydrogens is 470 g/mol. The van der Waals surface area contributed by atoms with Gasteiger partial charge in [-0.3, -0.25) is 9.59 Å². The molecule has 0 saturated heterocycles. The third-order valence-corrected chi connectivity index (χ3v) is 6.90. The third-order valence-electron chi connectivity index (χ3n) is 5.65. The smallest absolute Gasteiger partial charge is 0.234 e. The summed E-state index contributed by atoms with van der Waals surface area (Å²) >= 11 is 7.25. The average molecular weight is 494 g/mol. The Bertz CT molecular complexity index is 1230. The van der Waals surface area contributed by atoms with Crippen LogP contribution in [0.2, 0.25) is 5.02 Å². The van der Waals surface area contributed by atoms with Crippen molar-refractivity contribution in [2.75, 3.05) is 17.7 Å². The number of nitriles is 1. The highest BCUT2D eigenvalue weighted by molar-refractivity contribution is 8.03. The van der Waals surface area contributed by atoms with E-state index in [1.54, 1.807) is 24.3 Å². The predicted octanol–water partition coefficient (Wildman–Crippen LogP) is 5.54. The van der Waals surface area contributed by atoms with Crippen molar-refractivity contribution < 1.29 is 14.3 Å². The van der Waals surface area contributed by atoms with Gasteiger partial charge in [0.2, 0.25) is 5.91 Å². The monoisotopic (exact) mass is 493 g/mol. The number of nitrogens with one attached hydrogen (secondary N) is 2. The first-order valence-electron chi connectivity index (χ1n) is 11.1. The second kappa shape index (κ2) is 10.8. The lowest BCUT2D eigenvalue weighted by Crippen LogP contribution is -2.32. The summed E-state index contributed by atoms with van der Waals surface area (Å²) in [5.41, 5.74) is 3.26. The number of hydrogen-bond donors (Lipinski definition) is 2. The molecule has 174 valence electrons. The Morgan fingerprint density at radius 3 is 2.85 bits per heavy atom. The number of dihydropyridines is 1. The Morgan fingerprint density at radius 2 is 2.09 bits per heavy atom. The highest BCUT2D eigenvalue weighted by atomic mass is 35.5. The van der Waals surface area contributed by atoms with Gasteiger partial charge in [-0.25, -0.2) is 0 Å². The molecule has 0 fully saturated rings. The minimum Gasteiger partial charge on any atom is -0.494 e. The van der Waals surface area contributed by atoms with Crippen LogP contribution in [0.25, 0.3) is 0 Å². The number of thioether (sulfide) groups is 1. The van der Waals surface area contributed by atoms with Crippen molar-refractivity contribution in [1.82, 2.24) is 5.32 Å². The summed E-state index contributed by atoms with van der Waals surface area (Å²) in [6.45, 7) is 2.37. The Balaban J connectivity index is 1.65. The zero-order chi connectivity index (χ0) is 24.1. The van der Waals surface area contributed by atoms with Crippen LogP contribution in [0, 0.1) is 11.3 Å². The number of hydrogen-bond acceptors (Lipinski definition) is 6. The average Bonchev–Trinajstić information content (AvgIpc) is 2.82. The van der Waals surface area contributed by atoms with E-state index in [0.29, 0.717) is 52.1 Å². The number of rotatable bonds is 7. The summed E-state index contributed by atoms with van der Waals surface area (Å²) in [6, 6.07) is 16.8. The Morgan fingerprint density at radius 1 is 1.26 bits per heavy atom. The van der Waals surface area contributed by atoms with Crippen LogP contribution in [0.3, 0.4) is 0 Å². The summed E-state index contributed by atoms with van der Waals surface area (Å²) in [5.74, 6) is 0.0366. The van der Waals surface area contributed by atoms with Gasteiger partial charge in [-0.15, -0.1) is 0 Å². The van der Waals surface area contributed by atoms with Crippen molar-refractivity contribution in [1.29, 1.82) is 5.26 Å². The Hall–Kier alpha value is -3.21. The van der Waals surface area contributed by atoms with E-state index in [2.05, 4.69) is 16.7 Å². The second-order valence-electron chi connectivity index (χ2n) is 7.90. The molecule has 2 N–H and O–H groups in total. The number of allylic oxidation sites excluding steroid dienone is 3. The fourth-order valence-electron chi connectivity index (χ4n) is 4.26. The first-order chi connectivity index (χ1) is 16.5. The van der Waals surface area contributed by atoms with Gasteiger partial charge in [0, 0.05) is 34.0 Å². The number of benzene rings is 2. The summed E-state index contributed by atoms with van der Waals surface area (Å²) in [4.78, 5) is 25.6. The van der Waals surface area contributed by atoms with Crippen LogP contribution in [-0.2, 0) is 9.59 Å². The number of ketones is 1. The van der Waals surface area contributed by atoms with Crippen LogP contribution in [-0.4, -0.2) is 24.1 Å². The predicted molar refractivity (Wildman–Crippen MR) is 135 cm³/mol. The highest BCUT2D eigenvalue weighted by Crippen LogP contribution is 2.46. The molecule has 1 aliphatic heterocycles. The van der Waals surface area contributed by atoms with Crippen molar-refractivity contribution in [3.63, 3.8) is 0 Å². The third kappa shape index (κ3) is 5.14. The molecule has 0 aromatic heterocycles. The lowest BCUT2D eigenvalue weighted by Gasteiger charge is -2.33. The van der Waals surface area contributed by atoms with Gasteiger partial charge < -0.3 is 15.4 Å². The Kier molecular flexibility index (Phi) is 7.61. The number of nitrogens with zero attached hydrogens (tertiary/aromatic N) is 1. The molecule has 1 heterocycles. The van der Waals surface area contributed by atoms with Crippen LogP contribution in [0.1, 0.15) is 37.7 Å². The lowest BCUT2D eigenvalue weighted by atomic mass is 9.76. The molecule has 0 radical (unpaired) electrons. The molecule has 2 aromatic rings. The van der Waals surface area contributed by atoms with Crippen molar-refractivity contribution in [2.45, 2.75) is 32.1 Å². The second-order valence-corrected chi connectivity index (χ2v) is 9.32. The molecule has 1 atom stereocenters. The standard InChI is InChI=1S/C26H24ClN3O3S/c1-2-33-22-12-4-3-9-18(22)24-19(14-28)26(30-20-10-6-11-21(31)25(20)24)34-15-23(32)29-17-8-5-7-16(27)13-17/h3-5,7-9,12-13,24,30H,2,6,10-11,15H2,1H3,(H,29,32). The lowest BCUT2D eigenvalue weighted by molar-refractivity contribution is -0.116. The fraction of sp³-hybridized carbons (Fsp3) is 0.269. The first kappa shape index (κ1) is 23.9. The van der Waals surface area contributed by atoms with Crippen LogP contribution < -0.4 is 15.4 Å². The van der Waals surface area contributed by atoms with Crippen LogP contribution >= 0.6 is 23.4 Å². The van der Waals surface area contributed by atoms with E-state index in [1.165, 1.54) is 11.8 Å². The minimum absolute atomic E-state index is 0.0422. The van der Waals surface area contributed by atoms with Crippen LogP contribution in [0.5, 0.6) is 5.75 Å². The van der Waals surface area contributed by atoms with E-state index < -0.39 is 5.92 Å². The maximum Gasteiger partial charge on any atom is 0.234 e. The van der Waals surface area contributed by atoms with E-state index >= 15 is 0 Å². The van der Waals surface area contributed by atoms with Gasteiger partial charge in [0.05, 0.1) is 34.9 Å². The van der Waals surface area contributed by atoms with Gasteiger partial charge in [0.25, 0.3) is 0 Å². The van der Waals surface area contributed by atoms with Gasteiger partial charge in [0.15, 0.2) is 5.78 Å². The molecule has 2 aromatic carbocycles. The van der Waals surface area contributed by atoms with E-state index in [-0.39, 0.29) is 17.4 Å². The molecule has 1 amide bonds. The fourth-order valence-corrected chi connectivity index (χ4v) is 5.31. The Labute approximate surface area is 208 Å². The van der Waals surface area contributed by atoms with Gasteiger partial charge in [0.1, 0.15) is 5.75 Å². The summed E-state index contributed by atoms with van der Waals surface area (Å²) in [7, 11) is 0. The molecule has 34 heavy (non-hydrogen) atoms. The molecule has 0 bridgehead atoms. The number of amides is 1. The maximum absolute atomic E-state index is 13.0. The van der Waals surface area contributed by atoms with Crippen molar-refractivity contribution in [3.05, 3.63) is 81.0 Å². The van der Waals surface area contributed by atoms with Gasteiger partial charge in [-0.05, 0) is 44.0 Å². The normalized spacial score (nSPS) is 17.6. The zero-order valence-electron chi connectivity index (χ0n) is 18.7. The minimum atomic E-state index is -0.532. The molecule has 0 spiro atoms. The summed E-state index contributed by atoms with van der Waals surface area (Å²) in [6.07, 6.45) is 1.92. The molecule has 1 aliphatic carbocycles. The van der Waals surface area contributed by atoms with Crippen molar-refractivity contribution in [2.24, 2.45) is 0 Å². The molecule has 2 aliphatic rings. The van der Waals surface area contributed by atoms with E-state index in [0.717, 1.165) is 17.7 Å². The maximum atomic E-state index is 13.0. The number of ether oxygens (including phenoxy) is 1. The number of halogens is 1. The van der Waals surface area contributed by atoms with Crippen molar-refractivity contribution in [3.8, 4) is 11.8 Å². The number of carbonyl (C=O) groups is 2. The van der Waals surface area contributed by atoms with Crippen LogP contribution in [0.15, 0.2) is 70.4 Å². The molecule has 6 nitrogen and oxygen atoms in total. The number of Topliss-reactive ketones (excluding diaryl/α,β-unsaturated/α-hetero) is 1. The topological polar surface area (TPSA) is 91.2 Å². The molecule has 8 heteroatoms. The van der Waals surface area contributed by atoms with E-state index in [1.807, 2.05) is 31.2 Å². The van der Waals surface area contributed by atoms with Gasteiger partial charge in [-0.2, -0.15) is 5.26 Å². The van der Waals surface area contributed by atoms with Crippen molar-refractivity contribution >= 4 is 40.7 Å². The van der Waals surface area contributed by atoms with E-state index in [9.17, 15) is 14.9 Å². The first-order valence-corrected chi connectivity index (χ1v) is 12.5. The number of anilines is 1. The largest absolute Gasteiger partial charge is 0.494 e. The van der Waals surface area contributed by atoms with Gasteiger partial charge in [-0.1, -0.05) is 47.6 Å². The molecule has 1 unspecified atom stereocenters. The highest BCUT2D eigenvalue weighted by Gasteiger charge is 2.38. The molecule has 0 saturated carbocycles. The quantitative estimate of drug-likeness (QED) is 0.526. The molecule has 4 rings (SSSR count). The molecular formula is C26H24ClN3O3S. The summed E-state index contributed by atoms with van der Waals surface area (Å²) in [5, 5.41) is 17.4. The number of carbonyl (C=O) groups excluding carboxylic acids is 2. The summed E-state index contributed by atoms with van der Waals surface area (Å²) < 4.78 is 5.84. The van der Waals surface area contributed by atoms with Crippen LogP contribution in [0.4, 0.5) is 5.69 Å². The van der Waals surface area contributed by atoms with E-state index in [4.69, 9.17) is 16.3 Å². The zero-order valence-corrected chi connectivity index (χ0v) is 20.3.